The summed E-state index contributed by atoms with van der Waals surface area (Å²) in [5.41, 5.74) is 6.20. The fraction of sp³-hybridized carbons (Fsp3) is 0.0714. The van der Waals surface area contributed by atoms with Gasteiger partial charge in [0.15, 0.2) is 0 Å². The third-order valence-electron chi connectivity index (χ3n) is 2.61. The van der Waals surface area contributed by atoms with Crippen molar-refractivity contribution in [3.05, 3.63) is 52.0 Å². The van der Waals surface area contributed by atoms with Gasteiger partial charge in [0.05, 0.1) is 10.6 Å². The van der Waals surface area contributed by atoms with Gasteiger partial charge in [0, 0.05) is 4.90 Å². The summed E-state index contributed by atoms with van der Waals surface area (Å²) < 4.78 is 5.77. The first-order valence-corrected chi connectivity index (χ1v) is 7.66. The molecule has 0 aromatic heterocycles. The molecule has 0 unspecified atom stereocenters. The Morgan fingerprint density at radius 2 is 1.80 bits per heavy atom. The first kappa shape index (κ1) is 15.0. The van der Waals surface area contributed by atoms with Crippen LogP contribution in [0.4, 0.5) is 0 Å². The van der Waals surface area contributed by atoms with Crippen molar-refractivity contribution in [2.75, 3.05) is 6.26 Å². The monoisotopic (exact) mass is 326 g/mol. The molecule has 0 amide bonds. The van der Waals surface area contributed by atoms with Crippen molar-refractivity contribution < 1.29 is 4.74 Å². The average molecular weight is 327 g/mol. The van der Waals surface area contributed by atoms with E-state index in [4.69, 9.17) is 39.1 Å². The molecule has 0 aliphatic carbocycles. The first-order valence-electron chi connectivity index (χ1n) is 5.68. The van der Waals surface area contributed by atoms with E-state index in [1.807, 2.05) is 18.4 Å². The van der Waals surface area contributed by atoms with Crippen molar-refractivity contribution in [3.63, 3.8) is 0 Å². The Kier molecular flexibility index (Phi) is 4.81. The molecule has 0 heterocycles. The molecule has 0 spiro atoms. The standard InChI is InChI=1S/C14H12Cl2N2OS/c1-20-11-7-3-5-9(12(11)14(17)18)19-10-6-2-4-8(15)13(10)16/h2-7H,1H3,(H3,17,18). The van der Waals surface area contributed by atoms with Gasteiger partial charge in [-0.15, -0.1) is 11.8 Å². The van der Waals surface area contributed by atoms with Crippen LogP contribution in [0, 0.1) is 5.41 Å². The molecule has 3 nitrogen and oxygen atoms in total. The number of ether oxygens (including phenoxy) is 1. The molecule has 104 valence electrons. The number of nitrogens with two attached hydrogens (primary N) is 1. The predicted molar refractivity (Wildman–Crippen MR) is 85.8 cm³/mol. The van der Waals surface area contributed by atoms with Crippen LogP contribution in [0.3, 0.4) is 0 Å². The van der Waals surface area contributed by atoms with E-state index < -0.39 is 0 Å². The number of nitrogen functional groups attached to an aromatic ring is 1. The highest BCUT2D eigenvalue weighted by Crippen LogP contribution is 2.37. The van der Waals surface area contributed by atoms with E-state index in [9.17, 15) is 0 Å². The lowest BCUT2D eigenvalue weighted by atomic mass is 10.2. The summed E-state index contributed by atoms with van der Waals surface area (Å²) in [5.74, 6) is 0.858. The summed E-state index contributed by atoms with van der Waals surface area (Å²) >= 11 is 13.6. The van der Waals surface area contributed by atoms with Gasteiger partial charge < -0.3 is 10.5 Å². The largest absolute Gasteiger partial charge is 0.455 e. The Morgan fingerprint density at radius 1 is 1.15 bits per heavy atom. The minimum Gasteiger partial charge on any atom is -0.455 e. The third kappa shape index (κ3) is 3.03. The second kappa shape index (κ2) is 6.39. The zero-order valence-electron chi connectivity index (χ0n) is 10.6. The van der Waals surface area contributed by atoms with Crippen LogP contribution in [0.5, 0.6) is 11.5 Å². The summed E-state index contributed by atoms with van der Waals surface area (Å²) in [6.45, 7) is 0. The predicted octanol–water partition coefficient (Wildman–Crippen LogP) is 4.79. The van der Waals surface area contributed by atoms with Gasteiger partial charge in [-0.3, -0.25) is 5.41 Å². The third-order valence-corrected chi connectivity index (χ3v) is 4.19. The van der Waals surface area contributed by atoms with Crippen LogP contribution in [-0.2, 0) is 0 Å². The SMILES string of the molecule is CSc1cccc(Oc2cccc(Cl)c2Cl)c1C(=N)N. The molecule has 0 radical (unpaired) electrons. The number of nitrogens with one attached hydrogen (secondary N) is 1. The van der Waals surface area contributed by atoms with E-state index >= 15 is 0 Å². The molecule has 0 saturated heterocycles. The summed E-state index contributed by atoms with van der Waals surface area (Å²) in [5, 5.41) is 8.45. The van der Waals surface area contributed by atoms with Gasteiger partial charge in [-0.25, -0.2) is 0 Å². The maximum Gasteiger partial charge on any atom is 0.147 e. The number of rotatable bonds is 4. The van der Waals surface area contributed by atoms with Gasteiger partial charge in [0.2, 0.25) is 0 Å². The van der Waals surface area contributed by atoms with Crippen LogP contribution in [0.2, 0.25) is 10.0 Å². The lowest BCUT2D eigenvalue weighted by Gasteiger charge is -2.14. The van der Waals surface area contributed by atoms with E-state index in [-0.39, 0.29) is 5.84 Å². The highest BCUT2D eigenvalue weighted by molar-refractivity contribution is 7.98. The highest BCUT2D eigenvalue weighted by atomic mass is 35.5. The topological polar surface area (TPSA) is 59.1 Å². The van der Waals surface area contributed by atoms with E-state index in [1.165, 1.54) is 11.8 Å². The average Bonchev–Trinajstić information content (AvgIpc) is 2.43. The second-order valence-corrected chi connectivity index (χ2v) is 5.53. The van der Waals surface area contributed by atoms with Gasteiger partial charge in [0.1, 0.15) is 22.4 Å². The maximum absolute atomic E-state index is 7.71. The Morgan fingerprint density at radius 3 is 2.45 bits per heavy atom. The molecule has 0 saturated carbocycles. The Bertz CT molecular complexity index is 662. The first-order chi connectivity index (χ1) is 9.54. The van der Waals surface area contributed by atoms with Crippen LogP contribution in [0.15, 0.2) is 41.3 Å². The van der Waals surface area contributed by atoms with E-state index in [0.717, 1.165) is 4.90 Å². The van der Waals surface area contributed by atoms with Crippen molar-refractivity contribution in [3.8, 4) is 11.5 Å². The molecule has 20 heavy (non-hydrogen) atoms. The quantitative estimate of drug-likeness (QED) is 0.482. The zero-order chi connectivity index (χ0) is 14.7. The maximum atomic E-state index is 7.71. The molecule has 0 bridgehead atoms. The van der Waals surface area contributed by atoms with Gasteiger partial charge >= 0.3 is 0 Å². The summed E-state index contributed by atoms with van der Waals surface area (Å²) in [6.07, 6.45) is 1.91. The van der Waals surface area contributed by atoms with E-state index in [2.05, 4.69) is 0 Å². The smallest absolute Gasteiger partial charge is 0.147 e. The molecule has 6 heteroatoms. The Labute approximate surface area is 131 Å². The van der Waals surface area contributed by atoms with Gasteiger partial charge in [-0.05, 0) is 30.5 Å². The molecule has 0 aliphatic heterocycles. The molecule has 2 aromatic carbocycles. The number of hydrogen-bond donors (Lipinski definition) is 2. The molecular formula is C14H12Cl2N2OS. The van der Waals surface area contributed by atoms with Crippen LogP contribution in [-0.4, -0.2) is 12.1 Å². The van der Waals surface area contributed by atoms with E-state index in [1.54, 1.807) is 24.3 Å². The number of hydrogen-bond acceptors (Lipinski definition) is 3. The molecular weight excluding hydrogens is 315 g/mol. The number of thioether (sulfide) groups is 1. The van der Waals surface area contributed by atoms with Crippen molar-refractivity contribution in [1.82, 2.24) is 0 Å². The number of amidine groups is 1. The molecule has 0 atom stereocenters. The van der Waals surface area contributed by atoms with Crippen LogP contribution in [0.1, 0.15) is 5.56 Å². The number of halogens is 2. The Hall–Kier alpha value is -1.36. The van der Waals surface area contributed by atoms with Gasteiger partial charge in [0.25, 0.3) is 0 Å². The molecule has 3 N–H and O–H groups in total. The normalized spacial score (nSPS) is 10.3. The van der Waals surface area contributed by atoms with Crippen LogP contribution in [0.25, 0.3) is 0 Å². The lowest BCUT2D eigenvalue weighted by molar-refractivity contribution is 0.480. The van der Waals surface area contributed by atoms with Crippen molar-refractivity contribution in [2.45, 2.75) is 4.90 Å². The summed E-state index contributed by atoms with van der Waals surface area (Å²) in [6, 6.07) is 10.6. The minimum absolute atomic E-state index is 0.0527. The number of benzene rings is 2. The van der Waals surface area contributed by atoms with Crippen molar-refractivity contribution in [2.24, 2.45) is 5.73 Å². The van der Waals surface area contributed by atoms with Crippen molar-refractivity contribution in [1.29, 1.82) is 5.41 Å². The fourth-order valence-corrected chi connectivity index (χ4v) is 2.67. The second-order valence-electron chi connectivity index (χ2n) is 3.90. The van der Waals surface area contributed by atoms with Crippen molar-refractivity contribution >= 4 is 40.8 Å². The van der Waals surface area contributed by atoms with E-state index in [0.29, 0.717) is 27.1 Å². The highest BCUT2D eigenvalue weighted by Gasteiger charge is 2.14. The summed E-state index contributed by atoms with van der Waals surface area (Å²) in [7, 11) is 0. The summed E-state index contributed by atoms with van der Waals surface area (Å²) in [4.78, 5) is 0.869. The molecule has 2 rings (SSSR count). The van der Waals surface area contributed by atoms with Crippen LogP contribution >= 0.6 is 35.0 Å². The fourth-order valence-electron chi connectivity index (χ4n) is 1.71. The molecule has 0 aliphatic rings. The lowest BCUT2D eigenvalue weighted by Crippen LogP contribution is -2.13. The van der Waals surface area contributed by atoms with Gasteiger partial charge in [-0.2, -0.15) is 0 Å². The molecule has 2 aromatic rings. The molecule has 0 fully saturated rings. The zero-order valence-corrected chi connectivity index (χ0v) is 12.9. The Balaban J connectivity index is 2.48. The van der Waals surface area contributed by atoms with Gasteiger partial charge in [-0.1, -0.05) is 35.3 Å². The minimum atomic E-state index is -0.0527. The van der Waals surface area contributed by atoms with Crippen LogP contribution < -0.4 is 10.5 Å².